The lowest BCUT2D eigenvalue weighted by Crippen LogP contribution is -2.29. The van der Waals surface area contributed by atoms with Gasteiger partial charge in [0, 0.05) is 30.1 Å². The molecule has 130 valence electrons. The number of nitrogens with zero attached hydrogens (tertiary/aromatic N) is 1. The molecule has 3 aromatic rings. The van der Waals surface area contributed by atoms with Crippen molar-refractivity contribution in [2.75, 3.05) is 30.8 Å². The highest BCUT2D eigenvalue weighted by Gasteiger charge is 2.18. The van der Waals surface area contributed by atoms with Gasteiger partial charge in [0.25, 0.3) is 0 Å². The maximum atomic E-state index is 12.5. The molecule has 3 heterocycles. The molecule has 1 saturated heterocycles. The van der Waals surface area contributed by atoms with Gasteiger partial charge < -0.3 is 19.8 Å². The van der Waals surface area contributed by atoms with Crippen molar-refractivity contribution < 1.29 is 9.15 Å². The van der Waals surface area contributed by atoms with Crippen LogP contribution in [0.25, 0.3) is 21.4 Å². The first-order valence-electron chi connectivity index (χ1n) is 8.41. The minimum atomic E-state index is 0.0143. The lowest BCUT2D eigenvalue weighted by atomic mass is 10.1. The van der Waals surface area contributed by atoms with Gasteiger partial charge in [-0.25, -0.2) is 0 Å². The van der Waals surface area contributed by atoms with Crippen molar-refractivity contribution in [1.82, 2.24) is 0 Å². The van der Waals surface area contributed by atoms with Gasteiger partial charge in [-0.05, 0) is 37.0 Å². The van der Waals surface area contributed by atoms with Crippen molar-refractivity contribution in [3.8, 4) is 16.9 Å². The SMILES string of the molecule is COc1cc(-c2csc3c(=O)cc(N4CCCCC4)oc23)ccc1N. The van der Waals surface area contributed by atoms with Gasteiger partial charge in [0.2, 0.25) is 5.43 Å². The second-order valence-electron chi connectivity index (χ2n) is 6.26. The molecule has 0 unspecified atom stereocenters. The van der Waals surface area contributed by atoms with E-state index >= 15 is 0 Å². The van der Waals surface area contributed by atoms with E-state index in [1.807, 2.05) is 23.6 Å². The molecule has 0 amide bonds. The molecular weight excluding hydrogens is 336 g/mol. The van der Waals surface area contributed by atoms with E-state index in [4.69, 9.17) is 14.9 Å². The molecule has 1 aliphatic rings. The van der Waals surface area contributed by atoms with Crippen LogP contribution in [0.1, 0.15) is 19.3 Å². The smallest absolute Gasteiger partial charge is 0.204 e. The van der Waals surface area contributed by atoms with Crippen molar-refractivity contribution in [2.45, 2.75) is 19.3 Å². The molecule has 0 bridgehead atoms. The van der Waals surface area contributed by atoms with Crippen LogP contribution in [0.15, 0.2) is 38.9 Å². The summed E-state index contributed by atoms with van der Waals surface area (Å²) < 4.78 is 12.1. The summed E-state index contributed by atoms with van der Waals surface area (Å²) >= 11 is 1.41. The maximum Gasteiger partial charge on any atom is 0.204 e. The molecule has 5 nitrogen and oxygen atoms in total. The normalized spacial score (nSPS) is 14.8. The zero-order chi connectivity index (χ0) is 17.4. The van der Waals surface area contributed by atoms with Crippen LogP contribution in [-0.4, -0.2) is 20.2 Å². The van der Waals surface area contributed by atoms with Crippen LogP contribution in [0.2, 0.25) is 0 Å². The van der Waals surface area contributed by atoms with E-state index in [0.717, 1.165) is 37.1 Å². The zero-order valence-corrected chi connectivity index (χ0v) is 14.9. The molecule has 0 saturated carbocycles. The van der Waals surface area contributed by atoms with Crippen LogP contribution in [-0.2, 0) is 0 Å². The summed E-state index contributed by atoms with van der Waals surface area (Å²) in [7, 11) is 1.59. The summed E-state index contributed by atoms with van der Waals surface area (Å²) in [6.45, 7) is 1.87. The first kappa shape index (κ1) is 16.0. The number of fused-ring (bicyclic) bond motifs is 1. The first-order chi connectivity index (χ1) is 12.2. The van der Waals surface area contributed by atoms with Gasteiger partial charge in [0.15, 0.2) is 11.5 Å². The molecule has 1 fully saturated rings. The molecule has 0 atom stereocenters. The zero-order valence-electron chi connectivity index (χ0n) is 14.1. The highest BCUT2D eigenvalue weighted by atomic mass is 32.1. The Morgan fingerprint density at radius 3 is 2.76 bits per heavy atom. The van der Waals surface area contributed by atoms with Crippen molar-refractivity contribution >= 4 is 33.2 Å². The minimum absolute atomic E-state index is 0.0143. The number of nitrogen functional groups attached to an aromatic ring is 1. The molecule has 1 aromatic carbocycles. The maximum absolute atomic E-state index is 12.5. The van der Waals surface area contributed by atoms with Crippen LogP contribution in [0.3, 0.4) is 0 Å². The van der Waals surface area contributed by atoms with E-state index in [1.165, 1.54) is 17.8 Å². The lowest BCUT2D eigenvalue weighted by molar-refractivity contribution is 0.417. The molecule has 2 N–H and O–H groups in total. The van der Waals surface area contributed by atoms with E-state index in [2.05, 4.69) is 4.90 Å². The Morgan fingerprint density at radius 2 is 2.00 bits per heavy atom. The number of hydrogen-bond acceptors (Lipinski definition) is 6. The van der Waals surface area contributed by atoms with Gasteiger partial charge in [0.05, 0.1) is 12.8 Å². The summed E-state index contributed by atoms with van der Waals surface area (Å²) in [4.78, 5) is 14.7. The third-order valence-electron chi connectivity index (χ3n) is 4.64. The van der Waals surface area contributed by atoms with Gasteiger partial charge in [-0.3, -0.25) is 4.79 Å². The van der Waals surface area contributed by atoms with E-state index in [-0.39, 0.29) is 5.43 Å². The summed E-state index contributed by atoms with van der Waals surface area (Å²) in [6.07, 6.45) is 3.50. The molecule has 0 aliphatic carbocycles. The van der Waals surface area contributed by atoms with Crippen LogP contribution >= 0.6 is 11.3 Å². The molecule has 6 heteroatoms. The number of anilines is 2. The van der Waals surface area contributed by atoms with Gasteiger partial charge in [-0.2, -0.15) is 0 Å². The Balaban J connectivity index is 1.85. The summed E-state index contributed by atoms with van der Waals surface area (Å²) in [5.74, 6) is 1.28. The Kier molecular flexibility index (Phi) is 4.13. The molecular formula is C19H20N2O3S. The molecule has 0 spiro atoms. The number of ether oxygens (including phenoxy) is 1. The van der Waals surface area contributed by atoms with Crippen LogP contribution in [0.4, 0.5) is 11.6 Å². The monoisotopic (exact) mass is 356 g/mol. The second kappa shape index (κ2) is 6.44. The third kappa shape index (κ3) is 2.87. The van der Waals surface area contributed by atoms with Crippen molar-refractivity contribution in [3.63, 3.8) is 0 Å². The highest BCUT2D eigenvalue weighted by Crippen LogP contribution is 2.37. The molecule has 25 heavy (non-hydrogen) atoms. The largest absolute Gasteiger partial charge is 0.495 e. The van der Waals surface area contributed by atoms with Crippen molar-refractivity contribution in [2.24, 2.45) is 0 Å². The average Bonchev–Trinajstić information content (AvgIpc) is 3.07. The Morgan fingerprint density at radius 1 is 1.20 bits per heavy atom. The number of hydrogen-bond donors (Lipinski definition) is 1. The number of nitrogens with two attached hydrogens (primary N) is 1. The van der Waals surface area contributed by atoms with Crippen LogP contribution in [0.5, 0.6) is 5.75 Å². The van der Waals surface area contributed by atoms with Crippen LogP contribution in [0, 0.1) is 0 Å². The minimum Gasteiger partial charge on any atom is -0.495 e. The topological polar surface area (TPSA) is 68.7 Å². The number of piperidine rings is 1. The number of thiophene rings is 1. The Labute approximate surface area is 149 Å². The summed E-state index contributed by atoms with van der Waals surface area (Å²) in [6, 6.07) is 7.24. The standard InChI is InChI=1S/C19H20N2O3S/c1-23-16-9-12(5-6-14(16)20)13-11-25-19-15(22)10-17(24-18(13)19)21-7-3-2-4-8-21/h5-6,9-11H,2-4,7-8,20H2,1H3. The van der Waals surface area contributed by atoms with Gasteiger partial charge >= 0.3 is 0 Å². The van der Waals surface area contributed by atoms with E-state index in [9.17, 15) is 4.79 Å². The average molecular weight is 356 g/mol. The van der Waals surface area contributed by atoms with Gasteiger partial charge in [0.1, 0.15) is 10.4 Å². The Hall–Kier alpha value is -2.47. The van der Waals surface area contributed by atoms with E-state index in [0.29, 0.717) is 27.6 Å². The molecule has 1 aliphatic heterocycles. The number of methoxy groups -OCH3 is 1. The highest BCUT2D eigenvalue weighted by molar-refractivity contribution is 7.17. The molecule has 0 radical (unpaired) electrons. The summed E-state index contributed by atoms with van der Waals surface area (Å²) in [5.41, 5.74) is 8.98. The second-order valence-corrected chi connectivity index (χ2v) is 7.14. The molecule has 4 rings (SSSR count). The number of benzene rings is 1. The van der Waals surface area contributed by atoms with Crippen molar-refractivity contribution in [3.05, 3.63) is 39.9 Å². The van der Waals surface area contributed by atoms with Crippen molar-refractivity contribution in [1.29, 1.82) is 0 Å². The fraction of sp³-hybridized carbons (Fsp3) is 0.316. The third-order valence-corrected chi connectivity index (χ3v) is 5.62. The fourth-order valence-electron chi connectivity index (χ4n) is 3.28. The fourth-order valence-corrected chi connectivity index (χ4v) is 4.19. The van der Waals surface area contributed by atoms with Gasteiger partial charge in [-0.1, -0.05) is 6.07 Å². The number of rotatable bonds is 3. The van der Waals surface area contributed by atoms with Crippen LogP contribution < -0.4 is 20.8 Å². The summed E-state index contributed by atoms with van der Waals surface area (Å²) in [5, 5.41) is 1.96. The Bertz CT molecular complexity index is 970. The molecule has 2 aromatic heterocycles. The quantitative estimate of drug-likeness (QED) is 0.716. The lowest BCUT2D eigenvalue weighted by Gasteiger charge is -2.26. The predicted molar refractivity (Wildman–Crippen MR) is 103 cm³/mol. The van der Waals surface area contributed by atoms with Gasteiger partial charge in [-0.15, -0.1) is 11.3 Å². The predicted octanol–water partition coefficient (Wildman–Crippen LogP) is 4.10. The first-order valence-corrected chi connectivity index (χ1v) is 9.29. The van der Waals surface area contributed by atoms with E-state index in [1.54, 1.807) is 13.2 Å². The van der Waals surface area contributed by atoms with E-state index < -0.39 is 0 Å².